The summed E-state index contributed by atoms with van der Waals surface area (Å²) in [5.41, 5.74) is 2.99. The number of hydrogen-bond acceptors (Lipinski definition) is 1. The molecule has 0 saturated heterocycles. The molecule has 0 aromatic carbocycles. The Hall–Kier alpha value is -0.850. The molecule has 0 aromatic rings. The molecular formula is C20H28O. The molecule has 3 fully saturated rings. The van der Waals surface area contributed by atoms with Crippen LogP contribution in [0.4, 0.5) is 0 Å². The van der Waals surface area contributed by atoms with E-state index < -0.39 is 0 Å². The van der Waals surface area contributed by atoms with Gasteiger partial charge in [0.2, 0.25) is 0 Å². The fourth-order valence-electron chi connectivity index (χ4n) is 6.72. The van der Waals surface area contributed by atoms with E-state index in [0.717, 1.165) is 30.8 Å². The van der Waals surface area contributed by atoms with Crippen LogP contribution in [0.15, 0.2) is 23.8 Å². The topological polar surface area (TPSA) is 17.1 Å². The van der Waals surface area contributed by atoms with Crippen LogP contribution in [-0.2, 0) is 4.79 Å². The molecule has 21 heavy (non-hydrogen) atoms. The molecule has 4 atom stereocenters. The second-order valence-electron chi connectivity index (χ2n) is 9.04. The first-order valence-electron chi connectivity index (χ1n) is 8.76. The van der Waals surface area contributed by atoms with Gasteiger partial charge in [0.05, 0.1) is 5.41 Å². The molecule has 1 nitrogen and oxygen atoms in total. The molecule has 0 N–H and O–H groups in total. The van der Waals surface area contributed by atoms with E-state index in [-0.39, 0.29) is 10.8 Å². The maximum absolute atomic E-state index is 13.0. The number of rotatable bonds is 0. The minimum absolute atomic E-state index is 0.140. The highest BCUT2D eigenvalue weighted by molar-refractivity contribution is 6.05. The van der Waals surface area contributed by atoms with Gasteiger partial charge in [0, 0.05) is 0 Å². The zero-order chi connectivity index (χ0) is 15.0. The average molecular weight is 284 g/mol. The maximum Gasteiger partial charge on any atom is 0.168 e. The predicted molar refractivity (Wildman–Crippen MR) is 85.9 cm³/mol. The van der Waals surface area contributed by atoms with Crippen molar-refractivity contribution in [3.05, 3.63) is 23.8 Å². The van der Waals surface area contributed by atoms with Crippen molar-refractivity contribution in [2.75, 3.05) is 0 Å². The van der Waals surface area contributed by atoms with E-state index in [2.05, 4.69) is 33.4 Å². The van der Waals surface area contributed by atoms with E-state index in [0.29, 0.717) is 17.1 Å². The van der Waals surface area contributed by atoms with Gasteiger partial charge >= 0.3 is 0 Å². The molecule has 114 valence electrons. The SMILES string of the molecule is C=C1C(=O)[C@@]23CC[C@@H]4C(C)(C)CCC[C@@]4(C)C2=CC[C@@H]1C3. The summed E-state index contributed by atoms with van der Waals surface area (Å²) < 4.78 is 0. The lowest BCUT2D eigenvalue weighted by Crippen LogP contribution is -2.52. The molecule has 0 aromatic heterocycles. The minimum Gasteiger partial charge on any atom is -0.294 e. The van der Waals surface area contributed by atoms with Crippen molar-refractivity contribution in [1.29, 1.82) is 0 Å². The monoisotopic (exact) mass is 284 g/mol. The zero-order valence-electron chi connectivity index (χ0n) is 13.8. The van der Waals surface area contributed by atoms with E-state index >= 15 is 0 Å². The molecular weight excluding hydrogens is 256 g/mol. The van der Waals surface area contributed by atoms with Gasteiger partial charge < -0.3 is 0 Å². The van der Waals surface area contributed by atoms with Gasteiger partial charge in [-0.2, -0.15) is 0 Å². The van der Waals surface area contributed by atoms with Gasteiger partial charge in [-0.15, -0.1) is 0 Å². The van der Waals surface area contributed by atoms with Crippen LogP contribution >= 0.6 is 0 Å². The lowest BCUT2D eigenvalue weighted by atomic mass is 9.44. The Morgan fingerprint density at radius 2 is 1.95 bits per heavy atom. The smallest absolute Gasteiger partial charge is 0.168 e. The quantitative estimate of drug-likeness (QED) is 0.448. The van der Waals surface area contributed by atoms with Gasteiger partial charge in [-0.05, 0) is 66.8 Å². The van der Waals surface area contributed by atoms with E-state index in [9.17, 15) is 4.79 Å². The van der Waals surface area contributed by atoms with Crippen molar-refractivity contribution in [3.63, 3.8) is 0 Å². The summed E-state index contributed by atoms with van der Waals surface area (Å²) in [6.45, 7) is 11.5. The number of fused-ring (bicyclic) bond motifs is 3. The van der Waals surface area contributed by atoms with E-state index in [1.165, 1.54) is 31.3 Å². The fourth-order valence-corrected chi connectivity index (χ4v) is 6.72. The summed E-state index contributed by atoms with van der Waals surface area (Å²) in [5, 5.41) is 0. The molecule has 0 radical (unpaired) electrons. The fraction of sp³-hybridized carbons (Fsp3) is 0.750. The molecule has 2 bridgehead atoms. The van der Waals surface area contributed by atoms with Gasteiger partial charge in [-0.25, -0.2) is 0 Å². The first-order chi connectivity index (χ1) is 9.81. The molecule has 0 unspecified atom stereocenters. The molecule has 4 aliphatic carbocycles. The van der Waals surface area contributed by atoms with Crippen LogP contribution in [0.2, 0.25) is 0 Å². The van der Waals surface area contributed by atoms with Gasteiger partial charge in [-0.3, -0.25) is 4.79 Å². The maximum atomic E-state index is 13.0. The van der Waals surface area contributed by atoms with Gasteiger partial charge in [0.15, 0.2) is 5.78 Å². The molecule has 0 heterocycles. The number of carbonyl (C=O) groups is 1. The normalized spacial score (nSPS) is 47.7. The highest BCUT2D eigenvalue weighted by Gasteiger charge is 2.63. The van der Waals surface area contributed by atoms with Crippen molar-refractivity contribution in [2.45, 2.75) is 65.7 Å². The highest BCUT2D eigenvalue weighted by atomic mass is 16.1. The first-order valence-corrected chi connectivity index (χ1v) is 8.76. The Morgan fingerprint density at radius 1 is 1.19 bits per heavy atom. The molecule has 4 rings (SSSR count). The van der Waals surface area contributed by atoms with Crippen LogP contribution in [-0.4, -0.2) is 5.78 Å². The Labute approximate surface area is 128 Å². The molecule has 1 spiro atoms. The van der Waals surface area contributed by atoms with Gasteiger partial charge in [0.25, 0.3) is 0 Å². The van der Waals surface area contributed by atoms with Crippen LogP contribution in [0, 0.1) is 28.1 Å². The minimum atomic E-state index is -0.140. The van der Waals surface area contributed by atoms with E-state index in [4.69, 9.17) is 0 Å². The summed E-state index contributed by atoms with van der Waals surface area (Å²) in [4.78, 5) is 13.0. The summed E-state index contributed by atoms with van der Waals surface area (Å²) in [6.07, 6.45) is 10.8. The Bertz CT molecular complexity index is 566. The second kappa shape index (κ2) is 3.91. The second-order valence-corrected chi connectivity index (χ2v) is 9.04. The molecule has 1 heteroatoms. The molecule has 0 aliphatic heterocycles. The zero-order valence-corrected chi connectivity index (χ0v) is 13.8. The molecule has 4 aliphatic rings. The van der Waals surface area contributed by atoms with E-state index in [1.54, 1.807) is 0 Å². The predicted octanol–water partition coefficient (Wildman–Crippen LogP) is 5.07. The van der Waals surface area contributed by atoms with Gasteiger partial charge in [0.1, 0.15) is 0 Å². The highest BCUT2D eigenvalue weighted by Crippen LogP contribution is 2.69. The Morgan fingerprint density at radius 3 is 2.71 bits per heavy atom. The third kappa shape index (κ3) is 1.51. The molecule has 0 amide bonds. The van der Waals surface area contributed by atoms with E-state index in [1.807, 2.05) is 0 Å². The number of Topliss-reactive ketones (excluding diaryl/α,β-unsaturated/α-hetero) is 1. The summed E-state index contributed by atoms with van der Waals surface area (Å²) >= 11 is 0. The van der Waals surface area contributed by atoms with Crippen LogP contribution in [0.3, 0.4) is 0 Å². The van der Waals surface area contributed by atoms with Gasteiger partial charge in [-0.1, -0.05) is 45.4 Å². The lowest BCUT2D eigenvalue weighted by molar-refractivity contribution is -0.126. The number of ketones is 1. The summed E-state index contributed by atoms with van der Waals surface area (Å²) in [6, 6.07) is 0. The van der Waals surface area contributed by atoms with Crippen molar-refractivity contribution in [1.82, 2.24) is 0 Å². The van der Waals surface area contributed by atoms with Crippen molar-refractivity contribution in [3.8, 4) is 0 Å². The Kier molecular flexibility index (Phi) is 2.57. The largest absolute Gasteiger partial charge is 0.294 e. The van der Waals surface area contributed by atoms with Crippen molar-refractivity contribution in [2.24, 2.45) is 28.1 Å². The third-order valence-electron chi connectivity index (χ3n) is 7.64. The lowest BCUT2D eigenvalue weighted by Gasteiger charge is -2.59. The number of carbonyl (C=O) groups excluding carboxylic acids is 1. The standard InChI is InChI=1S/C20H28O/c1-13-14-6-7-16-19(4)10-5-9-18(2,3)15(19)8-11-20(16,12-14)17(13)21/h7,14-15H,1,5-6,8-12H2,2-4H3/t14-,15-,19-,20-/m1/s1. The number of hydrogen-bond donors (Lipinski definition) is 0. The van der Waals surface area contributed by atoms with Crippen molar-refractivity contribution < 1.29 is 4.79 Å². The van der Waals surface area contributed by atoms with Crippen LogP contribution in [0.25, 0.3) is 0 Å². The van der Waals surface area contributed by atoms with Crippen LogP contribution in [0.1, 0.15) is 65.7 Å². The average Bonchev–Trinajstić information content (AvgIpc) is 2.59. The van der Waals surface area contributed by atoms with Crippen LogP contribution in [0.5, 0.6) is 0 Å². The first kappa shape index (κ1) is 13.8. The summed E-state index contributed by atoms with van der Waals surface area (Å²) in [7, 11) is 0. The third-order valence-corrected chi connectivity index (χ3v) is 7.64. The molecule has 3 saturated carbocycles. The van der Waals surface area contributed by atoms with Crippen molar-refractivity contribution >= 4 is 5.78 Å². The Balaban J connectivity index is 1.85. The van der Waals surface area contributed by atoms with Crippen LogP contribution < -0.4 is 0 Å². The summed E-state index contributed by atoms with van der Waals surface area (Å²) in [5.74, 6) is 1.59. The number of allylic oxidation sites excluding steroid dienone is 3.